The molecule has 14 nitrogen and oxygen atoms in total. The number of amides is 6. The Morgan fingerprint density at radius 3 is 1.60 bits per heavy atom. The summed E-state index contributed by atoms with van der Waals surface area (Å²) in [7, 11) is 2.85. The predicted molar refractivity (Wildman–Crippen MR) is 170 cm³/mol. The lowest BCUT2D eigenvalue weighted by molar-refractivity contribution is -0.140. The van der Waals surface area contributed by atoms with Gasteiger partial charge in [-0.15, -0.1) is 0 Å². The van der Waals surface area contributed by atoms with E-state index < -0.39 is 77.1 Å². The van der Waals surface area contributed by atoms with E-state index in [-0.39, 0.29) is 23.5 Å². The molecule has 0 spiro atoms. The Balaban J connectivity index is 6.04. The lowest BCUT2D eigenvalue weighted by atomic mass is 9.97. The number of hydrogen-bond donors (Lipinski definition) is 5. The topological polar surface area (TPSA) is 192 Å². The summed E-state index contributed by atoms with van der Waals surface area (Å²) >= 11 is 0. The zero-order chi connectivity index (χ0) is 35.6. The number of carbonyl (C=O) groups excluding carboxylic acids is 7. The molecule has 0 fully saturated rings. The maximum Gasteiger partial charge on any atom is 0.408 e. The highest BCUT2D eigenvalue weighted by atomic mass is 16.6. The SMILES string of the molecule is C=C(C(=O)N(C)C)[C@H](NC(=O)[C@@H](NC(=O)[C@@H](NC(=O)OC(C)(C)C)C(C)C)C(C)C)C(=O)NC(C)C(=O)C(=O)NCC(C)(C)C. The van der Waals surface area contributed by atoms with Gasteiger partial charge in [0.1, 0.15) is 23.7 Å². The number of Topliss-reactive ketones (excluding diaryl/α,β-unsaturated/α-hetero) is 1. The van der Waals surface area contributed by atoms with E-state index in [9.17, 15) is 33.6 Å². The van der Waals surface area contributed by atoms with Crippen molar-refractivity contribution in [3.63, 3.8) is 0 Å². The van der Waals surface area contributed by atoms with Gasteiger partial charge < -0.3 is 36.2 Å². The molecule has 6 amide bonds. The van der Waals surface area contributed by atoms with Crippen molar-refractivity contribution < 1.29 is 38.3 Å². The van der Waals surface area contributed by atoms with Gasteiger partial charge in [-0.2, -0.15) is 0 Å². The monoisotopic (exact) mass is 638 g/mol. The lowest BCUT2D eigenvalue weighted by Gasteiger charge is -2.30. The van der Waals surface area contributed by atoms with Crippen LogP contribution in [0.25, 0.3) is 0 Å². The summed E-state index contributed by atoms with van der Waals surface area (Å²) < 4.78 is 5.26. The van der Waals surface area contributed by atoms with Crippen molar-refractivity contribution in [2.24, 2.45) is 17.3 Å². The molecule has 0 saturated carbocycles. The maximum atomic E-state index is 13.5. The molecule has 0 aromatic carbocycles. The number of ketones is 1. The number of likely N-dealkylation sites (N-methyl/N-ethyl adjacent to an activating group) is 1. The summed E-state index contributed by atoms with van der Waals surface area (Å²) in [6.45, 7) is 22.6. The van der Waals surface area contributed by atoms with Gasteiger partial charge >= 0.3 is 6.09 Å². The average Bonchev–Trinajstić information content (AvgIpc) is 2.88. The summed E-state index contributed by atoms with van der Waals surface area (Å²) in [6, 6.07) is -5.22. The standard InChI is InChI=1S/C31H54N6O8/c1-16(2)20(34-25(40)21(17(3)4)36-29(44)45-31(10,11)12)24(39)35-22(18(5)28(43)37(13)14)26(41)33-19(6)23(38)27(42)32-15-30(7,8)9/h16-17,19-22H,5,15H2,1-4,6-14H3,(H,32,42)(H,33,41)(H,34,40)(H,35,39)(H,36,44)/t19?,20-,21-,22-/m0/s1. The third-order valence-electron chi connectivity index (χ3n) is 6.20. The minimum Gasteiger partial charge on any atom is -0.444 e. The Kier molecular flexibility index (Phi) is 15.4. The van der Waals surface area contributed by atoms with Crippen LogP contribution in [0, 0.1) is 17.3 Å². The minimum absolute atomic E-state index is 0.221. The number of alkyl carbamates (subject to hydrolysis) is 1. The second-order valence-corrected chi connectivity index (χ2v) is 14.1. The van der Waals surface area contributed by atoms with Crippen LogP contribution in [0.15, 0.2) is 12.2 Å². The van der Waals surface area contributed by atoms with Crippen LogP contribution < -0.4 is 26.6 Å². The van der Waals surface area contributed by atoms with E-state index in [0.29, 0.717) is 0 Å². The summed E-state index contributed by atoms with van der Waals surface area (Å²) in [5.74, 6) is -5.85. The van der Waals surface area contributed by atoms with Crippen LogP contribution in [-0.4, -0.2) is 96.7 Å². The quantitative estimate of drug-likeness (QED) is 0.138. The fourth-order valence-electron chi connectivity index (χ4n) is 3.69. The van der Waals surface area contributed by atoms with Crippen molar-refractivity contribution in [3.05, 3.63) is 12.2 Å². The number of ether oxygens (including phenoxy) is 1. The molecule has 256 valence electrons. The van der Waals surface area contributed by atoms with Crippen LogP contribution in [0.4, 0.5) is 4.79 Å². The van der Waals surface area contributed by atoms with E-state index in [1.165, 1.54) is 21.0 Å². The van der Waals surface area contributed by atoms with E-state index in [2.05, 4.69) is 33.2 Å². The fourth-order valence-corrected chi connectivity index (χ4v) is 3.69. The van der Waals surface area contributed by atoms with Gasteiger partial charge in [0.25, 0.3) is 11.8 Å². The van der Waals surface area contributed by atoms with Crippen molar-refractivity contribution >= 4 is 41.4 Å². The van der Waals surface area contributed by atoms with Gasteiger partial charge in [-0.1, -0.05) is 55.0 Å². The first-order valence-corrected chi connectivity index (χ1v) is 14.9. The highest BCUT2D eigenvalue weighted by molar-refractivity contribution is 6.38. The molecule has 0 rings (SSSR count). The molecule has 1 unspecified atom stereocenters. The van der Waals surface area contributed by atoms with Gasteiger partial charge in [0.05, 0.1) is 6.04 Å². The van der Waals surface area contributed by atoms with Crippen molar-refractivity contribution in [3.8, 4) is 0 Å². The Morgan fingerprint density at radius 1 is 0.711 bits per heavy atom. The Hall–Kier alpha value is -3.97. The van der Waals surface area contributed by atoms with Gasteiger partial charge in [-0.25, -0.2) is 4.79 Å². The second kappa shape index (κ2) is 16.9. The third-order valence-corrected chi connectivity index (χ3v) is 6.20. The van der Waals surface area contributed by atoms with E-state index in [4.69, 9.17) is 4.74 Å². The second-order valence-electron chi connectivity index (χ2n) is 14.1. The van der Waals surface area contributed by atoms with Crippen LogP contribution in [-0.2, 0) is 33.5 Å². The summed E-state index contributed by atoms with van der Waals surface area (Å²) in [4.78, 5) is 91.4. The highest BCUT2D eigenvalue weighted by Crippen LogP contribution is 2.13. The zero-order valence-electron chi connectivity index (χ0n) is 29.1. The molecule has 5 N–H and O–H groups in total. The lowest BCUT2D eigenvalue weighted by Crippen LogP contribution is -2.60. The number of rotatable bonds is 14. The molecule has 0 aromatic heterocycles. The van der Waals surface area contributed by atoms with Crippen LogP contribution in [0.1, 0.15) is 76.2 Å². The van der Waals surface area contributed by atoms with Gasteiger partial charge in [0, 0.05) is 26.2 Å². The predicted octanol–water partition coefficient (Wildman–Crippen LogP) is 1.04. The number of nitrogens with one attached hydrogen (secondary N) is 5. The largest absolute Gasteiger partial charge is 0.444 e. The molecule has 0 aliphatic rings. The van der Waals surface area contributed by atoms with Gasteiger partial charge in [-0.05, 0) is 44.9 Å². The van der Waals surface area contributed by atoms with E-state index >= 15 is 0 Å². The molecule has 0 heterocycles. The summed E-state index contributed by atoms with van der Waals surface area (Å²) in [6.07, 6.45) is -0.812. The molecule has 4 atom stereocenters. The zero-order valence-corrected chi connectivity index (χ0v) is 29.1. The molecule has 0 aliphatic carbocycles. The molecule has 0 saturated heterocycles. The Labute approximate surface area is 267 Å². The molecular formula is C31H54N6O8. The Bertz CT molecular complexity index is 1130. The average molecular weight is 639 g/mol. The van der Waals surface area contributed by atoms with Crippen LogP contribution in [0.3, 0.4) is 0 Å². The molecule has 0 bridgehead atoms. The highest BCUT2D eigenvalue weighted by Gasteiger charge is 2.36. The summed E-state index contributed by atoms with van der Waals surface area (Å²) in [5, 5.41) is 12.5. The normalized spacial score (nSPS) is 14.3. The van der Waals surface area contributed by atoms with Gasteiger partial charge in [0.2, 0.25) is 23.5 Å². The maximum absolute atomic E-state index is 13.5. The minimum atomic E-state index is -1.65. The van der Waals surface area contributed by atoms with Gasteiger partial charge in [-0.3, -0.25) is 28.8 Å². The van der Waals surface area contributed by atoms with Crippen molar-refractivity contribution in [1.82, 2.24) is 31.5 Å². The Morgan fingerprint density at radius 2 is 1.18 bits per heavy atom. The van der Waals surface area contributed by atoms with E-state index in [0.717, 1.165) is 4.90 Å². The molecular weight excluding hydrogens is 584 g/mol. The molecule has 0 aromatic rings. The van der Waals surface area contributed by atoms with Gasteiger partial charge in [0.15, 0.2) is 0 Å². The van der Waals surface area contributed by atoms with Crippen molar-refractivity contribution in [1.29, 1.82) is 0 Å². The van der Waals surface area contributed by atoms with E-state index in [1.807, 2.05) is 20.8 Å². The fraction of sp³-hybridized carbons (Fsp3) is 0.710. The third kappa shape index (κ3) is 14.6. The van der Waals surface area contributed by atoms with Crippen LogP contribution >= 0.6 is 0 Å². The molecule has 14 heteroatoms. The first kappa shape index (κ1) is 41.0. The molecule has 0 aliphatic heterocycles. The first-order valence-electron chi connectivity index (χ1n) is 14.9. The number of hydrogen-bond acceptors (Lipinski definition) is 8. The smallest absolute Gasteiger partial charge is 0.408 e. The van der Waals surface area contributed by atoms with E-state index in [1.54, 1.807) is 48.5 Å². The summed E-state index contributed by atoms with van der Waals surface area (Å²) in [5.41, 5.74) is -1.41. The number of nitrogens with zero attached hydrogens (tertiary/aromatic N) is 1. The van der Waals surface area contributed by atoms with Crippen LogP contribution in [0.2, 0.25) is 0 Å². The van der Waals surface area contributed by atoms with Crippen LogP contribution in [0.5, 0.6) is 0 Å². The van der Waals surface area contributed by atoms with Crippen molar-refractivity contribution in [2.45, 2.75) is 106 Å². The molecule has 0 radical (unpaired) electrons. The van der Waals surface area contributed by atoms with Crippen molar-refractivity contribution in [2.75, 3.05) is 20.6 Å². The first-order chi connectivity index (χ1) is 20.3. The number of carbonyl (C=O) groups is 7. The molecule has 45 heavy (non-hydrogen) atoms.